The van der Waals surface area contributed by atoms with Crippen LogP contribution in [0.25, 0.3) is 0 Å². The van der Waals surface area contributed by atoms with Crippen molar-refractivity contribution in [3.63, 3.8) is 0 Å². The minimum Gasteiger partial charge on any atom is -0.341 e. The molecule has 0 bridgehead atoms. The molecule has 2 aliphatic rings. The largest absolute Gasteiger partial charge is 0.341 e. The van der Waals surface area contributed by atoms with E-state index in [9.17, 15) is 9.59 Å². The number of nitrogens with one attached hydrogen (secondary N) is 1. The average Bonchev–Trinajstić information content (AvgIpc) is 2.71. The summed E-state index contributed by atoms with van der Waals surface area (Å²) in [4.78, 5) is 29.2. The minimum absolute atomic E-state index is 0. The van der Waals surface area contributed by atoms with Crippen molar-refractivity contribution in [2.24, 2.45) is 5.92 Å². The minimum atomic E-state index is -0.0304. The summed E-state index contributed by atoms with van der Waals surface area (Å²) < 4.78 is 0. The highest BCUT2D eigenvalue weighted by molar-refractivity contribution is 5.85. The number of urea groups is 1. The number of hydrogen-bond donors (Lipinski definition) is 1. The van der Waals surface area contributed by atoms with Gasteiger partial charge in [-0.3, -0.25) is 4.79 Å². The van der Waals surface area contributed by atoms with Crippen LogP contribution in [0.4, 0.5) is 4.79 Å². The fraction of sp³-hybridized carbons (Fsp3) is 0.846. The molecule has 2 rings (SSSR count). The lowest BCUT2D eigenvalue weighted by Crippen LogP contribution is -2.47. The summed E-state index contributed by atoms with van der Waals surface area (Å²) in [6, 6.07) is -0.0304. The van der Waals surface area contributed by atoms with Gasteiger partial charge in [0.2, 0.25) is 5.91 Å². The topological polar surface area (TPSA) is 55.9 Å². The maximum absolute atomic E-state index is 12.2. The molecule has 2 aliphatic heterocycles. The van der Waals surface area contributed by atoms with Crippen LogP contribution in [-0.2, 0) is 4.79 Å². The molecule has 7 heteroatoms. The highest BCUT2D eigenvalue weighted by Gasteiger charge is 2.30. The number of nitrogens with zero attached hydrogens (tertiary/aromatic N) is 3. The maximum Gasteiger partial charge on any atom is 0.320 e. The number of piperidine rings is 1. The first-order chi connectivity index (χ1) is 9.11. The molecule has 0 aromatic rings. The van der Waals surface area contributed by atoms with Crippen LogP contribution in [0.5, 0.6) is 0 Å². The van der Waals surface area contributed by atoms with E-state index < -0.39 is 0 Å². The third kappa shape index (κ3) is 3.99. The SMILES string of the molecule is CNCC1CCCN(C(=O)CN2CCN(C)C2=O)C1.Cl. The molecule has 3 amide bonds. The molecule has 1 N–H and O–H groups in total. The summed E-state index contributed by atoms with van der Waals surface area (Å²) in [5.41, 5.74) is 0. The van der Waals surface area contributed by atoms with Crippen molar-refractivity contribution in [2.75, 3.05) is 53.4 Å². The van der Waals surface area contributed by atoms with Gasteiger partial charge in [-0.05, 0) is 32.4 Å². The second kappa shape index (κ2) is 7.69. The van der Waals surface area contributed by atoms with Gasteiger partial charge >= 0.3 is 6.03 Å². The Kier molecular flexibility index (Phi) is 6.55. The van der Waals surface area contributed by atoms with Crippen molar-refractivity contribution >= 4 is 24.3 Å². The number of hydrogen-bond acceptors (Lipinski definition) is 3. The van der Waals surface area contributed by atoms with E-state index in [1.165, 1.54) is 6.42 Å². The van der Waals surface area contributed by atoms with E-state index in [-0.39, 0.29) is 30.9 Å². The standard InChI is InChI=1S/C13H24N4O2.ClH/c1-14-8-11-4-3-5-16(9-11)12(18)10-17-7-6-15(2)13(17)19;/h11,14H,3-10H2,1-2H3;1H. The van der Waals surface area contributed by atoms with Crippen molar-refractivity contribution in [1.82, 2.24) is 20.0 Å². The van der Waals surface area contributed by atoms with E-state index in [0.717, 1.165) is 26.1 Å². The van der Waals surface area contributed by atoms with Crippen LogP contribution in [0, 0.1) is 5.92 Å². The average molecular weight is 305 g/mol. The lowest BCUT2D eigenvalue weighted by Gasteiger charge is -2.33. The normalized spacial score (nSPS) is 23.0. The molecule has 2 fully saturated rings. The van der Waals surface area contributed by atoms with Gasteiger partial charge in [0.15, 0.2) is 0 Å². The van der Waals surface area contributed by atoms with Gasteiger partial charge in [-0.25, -0.2) is 4.79 Å². The Morgan fingerprint density at radius 3 is 2.70 bits per heavy atom. The van der Waals surface area contributed by atoms with Crippen LogP contribution in [0.1, 0.15) is 12.8 Å². The van der Waals surface area contributed by atoms with Crippen LogP contribution in [-0.4, -0.2) is 80.0 Å². The van der Waals surface area contributed by atoms with Crippen molar-refractivity contribution in [1.29, 1.82) is 0 Å². The third-order valence-corrected chi connectivity index (χ3v) is 3.99. The van der Waals surface area contributed by atoms with Gasteiger partial charge in [-0.1, -0.05) is 0 Å². The number of amides is 3. The predicted octanol–water partition coefficient (Wildman–Crippen LogP) is 0.234. The van der Waals surface area contributed by atoms with Gasteiger partial charge in [-0.2, -0.15) is 0 Å². The molecule has 1 atom stereocenters. The van der Waals surface area contributed by atoms with Crippen molar-refractivity contribution < 1.29 is 9.59 Å². The highest BCUT2D eigenvalue weighted by Crippen LogP contribution is 2.16. The fourth-order valence-corrected chi connectivity index (χ4v) is 2.86. The summed E-state index contributed by atoms with van der Waals surface area (Å²) in [6.07, 6.45) is 2.24. The Bertz CT molecular complexity index is 351. The van der Waals surface area contributed by atoms with Crippen molar-refractivity contribution in [3.05, 3.63) is 0 Å². The summed E-state index contributed by atoms with van der Waals surface area (Å²) in [6.45, 7) is 4.21. The molecule has 0 aromatic carbocycles. The predicted molar refractivity (Wildman–Crippen MR) is 80.1 cm³/mol. The van der Waals surface area contributed by atoms with E-state index in [4.69, 9.17) is 0 Å². The Balaban J connectivity index is 0.00000200. The lowest BCUT2D eigenvalue weighted by molar-refractivity contribution is -0.133. The molecule has 0 radical (unpaired) electrons. The Morgan fingerprint density at radius 1 is 1.35 bits per heavy atom. The molecule has 0 spiro atoms. The summed E-state index contributed by atoms with van der Waals surface area (Å²) in [7, 11) is 3.72. The van der Waals surface area contributed by atoms with E-state index in [1.807, 2.05) is 11.9 Å². The zero-order valence-corrected chi connectivity index (χ0v) is 13.1. The van der Waals surface area contributed by atoms with Crippen LogP contribution < -0.4 is 5.32 Å². The Labute approximate surface area is 126 Å². The first kappa shape index (κ1) is 17.0. The fourth-order valence-electron chi connectivity index (χ4n) is 2.86. The smallest absolute Gasteiger partial charge is 0.320 e. The molecule has 1 unspecified atom stereocenters. The molecular weight excluding hydrogens is 280 g/mol. The first-order valence-electron chi connectivity index (χ1n) is 7.04. The Hall–Kier alpha value is -1.01. The second-order valence-corrected chi connectivity index (χ2v) is 5.53. The molecule has 20 heavy (non-hydrogen) atoms. The van der Waals surface area contributed by atoms with Crippen molar-refractivity contribution in [2.45, 2.75) is 12.8 Å². The molecule has 6 nitrogen and oxygen atoms in total. The zero-order valence-electron chi connectivity index (χ0n) is 12.3. The molecule has 2 saturated heterocycles. The maximum atomic E-state index is 12.2. The van der Waals surface area contributed by atoms with E-state index >= 15 is 0 Å². The molecule has 0 aromatic heterocycles. The Morgan fingerprint density at radius 2 is 2.10 bits per heavy atom. The van der Waals surface area contributed by atoms with Gasteiger partial charge in [0.25, 0.3) is 0 Å². The molecule has 0 aliphatic carbocycles. The number of likely N-dealkylation sites (tertiary alicyclic amines) is 1. The van der Waals surface area contributed by atoms with E-state index in [2.05, 4.69) is 5.32 Å². The van der Waals surface area contributed by atoms with Crippen LogP contribution in [0.2, 0.25) is 0 Å². The van der Waals surface area contributed by atoms with Crippen molar-refractivity contribution in [3.8, 4) is 0 Å². The van der Waals surface area contributed by atoms with E-state index in [1.54, 1.807) is 16.8 Å². The van der Waals surface area contributed by atoms with E-state index in [0.29, 0.717) is 19.0 Å². The summed E-state index contributed by atoms with van der Waals surface area (Å²) in [5, 5.41) is 3.17. The summed E-state index contributed by atoms with van der Waals surface area (Å²) in [5.74, 6) is 0.629. The molecule has 0 saturated carbocycles. The third-order valence-electron chi connectivity index (χ3n) is 3.99. The number of halogens is 1. The van der Waals surface area contributed by atoms with Crippen LogP contribution >= 0.6 is 12.4 Å². The van der Waals surface area contributed by atoms with Gasteiger partial charge < -0.3 is 20.0 Å². The number of rotatable bonds is 4. The molecule has 116 valence electrons. The van der Waals surface area contributed by atoms with Gasteiger partial charge in [0, 0.05) is 33.2 Å². The molecular formula is C13H25ClN4O2. The second-order valence-electron chi connectivity index (χ2n) is 5.53. The zero-order chi connectivity index (χ0) is 13.8. The summed E-state index contributed by atoms with van der Waals surface area (Å²) >= 11 is 0. The number of likely N-dealkylation sites (N-methyl/N-ethyl adjacent to an activating group) is 1. The number of carbonyl (C=O) groups is 2. The highest BCUT2D eigenvalue weighted by atomic mass is 35.5. The molecule has 2 heterocycles. The monoisotopic (exact) mass is 304 g/mol. The van der Waals surface area contributed by atoms with Crippen LogP contribution in [0.15, 0.2) is 0 Å². The quantitative estimate of drug-likeness (QED) is 0.809. The van der Waals surface area contributed by atoms with Crippen LogP contribution in [0.3, 0.4) is 0 Å². The van der Waals surface area contributed by atoms with Gasteiger partial charge in [0.05, 0.1) is 0 Å². The number of carbonyl (C=O) groups excluding carboxylic acids is 2. The van der Waals surface area contributed by atoms with Gasteiger partial charge in [-0.15, -0.1) is 12.4 Å². The lowest BCUT2D eigenvalue weighted by atomic mass is 9.98. The first-order valence-corrected chi connectivity index (χ1v) is 7.04. The van der Waals surface area contributed by atoms with Gasteiger partial charge in [0.1, 0.15) is 6.54 Å².